The molecule has 0 aliphatic rings. The topological polar surface area (TPSA) is 26.3 Å². The first-order valence-electron chi connectivity index (χ1n) is 4.95. The van der Waals surface area contributed by atoms with Crippen molar-refractivity contribution in [2.75, 3.05) is 7.11 Å². The van der Waals surface area contributed by atoms with E-state index in [0.29, 0.717) is 0 Å². The minimum absolute atomic E-state index is 0.120. The van der Waals surface area contributed by atoms with Gasteiger partial charge in [0.1, 0.15) is 5.75 Å². The van der Waals surface area contributed by atoms with Crippen molar-refractivity contribution in [1.82, 2.24) is 0 Å². The Morgan fingerprint density at radius 3 is 2.67 bits per heavy atom. The van der Waals surface area contributed by atoms with Crippen molar-refractivity contribution in [2.45, 2.75) is 25.1 Å². The van der Waals surface area contributed by atoms with Crippen molar-refractivity contribution >= 4 is 21.7 Å². The maximum absolute atomic E-state index is 11.8. The fraction of sp³-hybridized carbons (Fsp3) is 0.417. The summed E-state index contributed by atoms with van der Waals surface area (Å²) in [7, 11) is 1.63. The Kier molecular flexibility index (Phi) is 4.33. The highest BCUT2D eigenvalue weighted by Crippen LogP contribution is 2.21. The second-order valence-corrected chi connectivity index (χ2v) is 4.73. The molecule has 0 heterocycles. The van der Waals surface area contributed by atoms with E-state index in [1.54, 1.807) is 7.11 Å². The van der Waals surface area contributed by atoms with E-state index in [1.807, 2.05) is 32.0 Å². The molecule has 0 amide bonds. The number of Topliss-reactive ketones (excluding diaryl/α,β-unsaturated/α-hetero) is 1. The van der Waals surface area contributed by atoms with Crippen LogP contribution in [0, 0.1) is 0 Å². The van der Waals surface area contributed by atoms with Gasteiger partial charge in [-0.1, -0.05) is 22.9 Å². The lowest BCUT2D eigenvalue weighted by Crippen LogP contribution is -2.12. The summed E-state index contributed by atoms with van der Waals surface area (Å²) in [4.78, 5) is 11.7. The molecule has 0 aromatic heterocycles. The molecular formula is C12H15BrO2. The van der Waals surface area contributed by atoms with Gasteiger partial charge in [0.25, 0.3) is 0 Å². The molecule has 15 heavy (non-hydrogen) atoms. The predicted octanol–water partition coefficient (Wildman–Crippen LogP) is 3.22. The second-order valence-electron chi connectivity index (χ2n) is 3.36. The number of hydrogen-bond donors (Lipinski definition) is 0. The molecule has 1 atom stereocenters. The van der Waals surface area contributed by atoms with Crippen molar-refractivity contribution < 1.29 is 9.53 Å². The monoisotopic (exact) mass is 270 g/mol. The van der Waals surface area contributed by atoms with Gasteiger partial charge in [0.2, 0.25) is 0 Å². The molecule has 0 aliphatic carbocycles. The molecular weight excluding hydrogens is 256 g/mol. The summed E-state index contributed by atoms with van der Waals surface area (Å²) in [5, 5.41) is 0. The number of hydrogen-bond acceptors (Lipinski definition) is 2. The third-order valence-electron chi connectivity index (χ3n) is 2.32. The molecule has 0 spiro atoms. The first kappa shape index (κ1) is 12.2. The molecule has 1 rings (SSSR count). The van der Waals surface area contributed by atoms with Crippen LogP contribution < -0.4 is 4.74 Å². The zero-order chi connectivity index (χ0) is 11.4. The minimum atomic E-state index is -0.142. The second kappa shape index (κ2) is 5.31. The van der Waals surface area contributed by atoms with Crippen LogP contribution in [-0.2, 0) is 6.42 Å². The maximum Gasteiger partial charge on any atom is 0.176 e. The van der Waals surface area contributed by atoms with Crippen molar-refractivity contribution in [3.05, 3.63) is 29.3 Å². The van der Waals surface area contributed by atoms with E-state index >= 15 is 0 Å². The molecule has 3 heteroatoms. The van der Waals surface area contributed by atoms with E-state index in [2.05, 4.69) is 15.9 Å². The molecule has 0 aliphatic heterocycles. The third kappa shape index (κ3) is 2.81. The first-order valence-corrected chi connectivity index (χ1v) is 5.87. The highest BCUT2D eigenvalue weighted by Gasteiger charge is 2.15. The van der Waals surface area contributed by atoms with Crippen LogP contribution in [0.5, 0.6) is 5.75 Å². The van der Waals surface area contributed by atoms with E-state index in [1.165, 1.54) is 0 Å². The van der Waals surface area contributed by atoms with E-state index in [-0.39, 0.29) is 10.6 Å². The normalized spacial score (nSPS) is 12.3. The number of benzene rings is 1. The Hall–Kier alpha value is -0.830. The molecule has 82 valence electrons. The van der Waals surface area contributed by atoms with Crippen molar-refractivity contribution in [3.8, 4) is 5.75 Å². The number of ether oxygens (including phenoxy) is 1. The zero-order valence-corrected chi connectivity index (χ0v) is 10.8. The number of alkyl halides is 1. The third-order valence-corrected chi connectivity index (χ3v) is 2.74. The summed E-state index contributed by atoms with van der Waals surface area (Å²) in [5.74, 6) is 0.917. The van der Waals surface area contributed by atoms with E-state index < -0.39 is 0 Å². The van der Waals surface area contributed by atoms with Gasteiger partial charge in [-0.15, -0.1) is 0 Å². The van der Waals surface area contributed by atoms with Crippen molar-refractivity contribution in [2.24, 2.45) is 0 Å². The lowest BCUT2D eigenvalue weighted by molar-refractivity contribution is 0.0995. The van der Waals surface area contributed by atoms with Gasteiger partial charge in [-0.05, 0) is 37.1 Å². The lowest BCUT2D eigenvalue weighted by atomic mass is 10.00. The number of carbonyl (C=O) groups excluding carboxylic acids is 1. The maximum atomic E-state index is 11.8. The number of halogens is 1. The SMILES string of the molecule is CCc1cc(OC)ccc1C(=O)C(C)Br. The fourth-order valence-corrected chi connectivity index (χ4v) is 1.69. The van der Waals surface area contributed by atoms with Crippen LogP contribution in [0.4, 0.5) is 0 Å². The van der Waals surface area contributed by atoms with Gasteiger partial charge in [-0.25, -0.2) is 0 Å². The van der Waals surface area contributed by atoms with Crippen LogP contribution in [0.2, 0.25) is 0 Å². The van der Waals surface area contributed by atoms with Gasteiger partial charge < -0.3 is 4.74 Å². The largest absolute Gasteiger partial charge is 0.497 e. The first-order chi connectivity index (χ1) is 7.10. The van der Waals surface area contributed by atoms with Gasteiger partial charge in [0.05, 0.1) is 11.9 Å². The minimum Gasteiger partial charge on any atom is -0.497 e. The number of rotatable bonds is 4. The smallest absolute Gasteiger partial charge is 0.176 e. The Bertz CT molecular complexity index is 359. The highest BCUT2D eigenvalue weighted by molar-refractivity contribution is 9.10. The molecule has 1 unspecified atom stereocenters. The van der Waals surface area contributed by atoms with E-state index in [9.17, 15) is 4.79 Å². The summed E-state index contributed by atoms with van der Waals surface area (Å²) in [6.07, 6.45) is 0.831. The van der Waals surface area contributed by atoms with Gasteiger partial charge >= 0.3 is 0 Å². The molecule has 2 nitrogen and oxygen atoms in total. The standard InChI is InChI=1S/C12H15BrO2/c1-4-9-7-10(15-3)5-6-11(9)12(14)8(2)13/h5-8H,4H2,1-3H3. The average molecular weight is 271 g/mol. The molecule has 0 fully saturated rings. The van der Waals surface area contributed by atoms with Crippen molar-refractivity contribution in [1.29, 1.82) is 0 Å². The average Bonchev–Trinajstić information content (AvgIpc) is 2.27. The Morgan fingerprint density at radius 1 is 1.53 bits per heavy atom. The molecule has 1 aromatic rings. The fourth-order valence-electron chi connectivity index (χ4n) is 1.44. The predicted molar refractivity (Wildman–Crippen MR) is 65.1 cm³/mol. The summed E-state index contributed by atoms with van der Waals surface area (Å²) in [5.41, 5.74) is 1.81. The Labute approximate surface area is 98.8 Å². The summed E-state index contributed by atoms with van der Waals surface area (Å²) in [6, 6.07) is 5.57. The van der Waals surface area contributed by atoms with E-state index in [0.717, 1.165) is 23.3 Å². The van der Waals surface area contributed by atoms with Crippen LogP contribution in [0.1, 0.15) is 29.8 Å². The quantitative estimate of drug-likeness (QED) is 0.620. The van der Waals surface area contributed by atoms with Gasteiger partial charge in [0.15, 0.2) is 5.78 Å². The van der Waals surface area contributed by atoms with Crippen LogP contribution in [-0.4, -0.2) is 17.7 Å². The van der Waals surface area contributed by atoms with Gasteiger partial charge in [-0.2, -0.15) is 0 Å². The van der Waals surface area contributed by atoms with Gasteiger partial charge in [-0.3, -0.25) is 4.79 Å². The Morgan fingerprint density at radius 2 is 2.20 bits per heavy atom. The van der Waals surface area contributed by atoms with Gasteiger partial charge in [0, 0.05) is 5.56 Å². The molecule has 0 radical (unpaired) electrons. The molecule has 0 N–H and O–H groups in total. The van der Waals surface area contributed by atoms with Crippen LogP contribution >= 0.6 is 15.9 Å². The molecule has 0 saturated carbocycles. The summed E-state index contributed by atoms with van der Waals surface area (Å²) in [6.45, 7) is 3.87. The number of ketones is 1. The summed E-state index contributed by atoms with van der Waals surface area (Å²) >= 11 is 3.29. The highest BCUT2D eigenvalue weighted by atomic mass is 79.9. The Balaban J connectivity index is 3.13. The number of methoxy groups -OCH3 is 1. The molecule has 0 bridgehead atoms. The molecule has 1 aromatic carbocycles. The van der Waals surface area contributed by atoms with Crippen molar-refractivity contribution in [3.63, 3.8) is 0 Å². The molecule has 0 saturated heterocycles. The number of carbonyl (C=O) groups is 1. The zero-order valence-electron chi connectivity index (χ0n) is 9.21. The summed E-state index contributed by atoms with van der Waals surface area (Å²) < 4.78 is 5.13. The number of aryl methyl sites for hydroxylation is 1. The van der Waals surface area contributed by atoms with Crippen LogP contribution in [0.25, 0.3) is 0 Å². The van der Waals surface area contributed by atoms with Crippen LogP contribution in [0.15, 0.2) is 18.2 Å². The lowest BCUT2D eigenvalue weighted by Gasteiger charge is -2.10. The van der Waals surface area contributed by atoms with Crippen LogP contribution in [0.3, 0.4) is 0 Å². The van der Waals surface area contributed by atoms with E-state index in [4.69, 9.17) is 4.74 Å².